The third kappa shape index (κ3) is 4.42. The van der Waals surface area contributed by atoms with Crippen molar-refractivity contribution >= 4 is 39.1 Å². The number of nitrogens with one attached hydrogen (secondary N) is 1. The van der Waals surface area contributed by atoms with Crippen molar-refractivity contribution in [2.45, 2.75) is 39.8 Å². The lowest BCUT2D eigenvalue weighted by molar-refractivity contribution is -0.119. The van der Waals surface area contributed by atoms with E-state index < -0.39 is 6.04 Å². The number of aryl methyl sites for hydroxylation is 1. The van der Waals surface area contributed by atoms with Crippen LogP contribution in [0.4, 0.5) is 5.69 Å². The van der Waals surface area contributed by atoms with Gasteiger partial charge in [-0.25, -0.2) is 0 Å². The Labute approximate surface area is 171 Å². The Morgan fingerprint density at radius 2 is 2.15 bits per heavy atom. The van der Waals surface area contributed by atoms with Gasteiger partial charge >= 0.3 is 0 Å². The molecule has 1 aromatic carbocycles. The summed E-state index contributed by atoms with van der Waals surface area (Å²) in [6.07, 6.45) is 4.27. The molecule has 6 nitrogen and oxygen atoms in total. The number of nitrogens with zero attached hydrogens (tertiary/aromatic N) is 4. The minimum Gasteiger partial charge on any atom is -0.324 e. The summed E-state index contributed by atoms with van der Waals surface area (Å²) >= 11 is 9.63. The maximum Gasteiger partial charge on any atom is 0.249 e. The van der Waals surface area contributed by atoms with Gasteiger partial charge in [0.1, 0.15) is 6.04 Å². The van der Waals surface area contributed by atoms with E-state index in [2.05, 4.69) is 31.4 Å². The Kier molecular flexibility index (Phi) is 6.01. The van der Waals surface area contributed by atoms with Crippen LogP contribution in [0, 0.1) is 13.8 Å². The van der Waals surface area contributed by atoms with Crippen molar-refractivity contribution in [1.82, 2.24) is 19.6 Å². The van der Waals surface area contributed by atoms with E-state index in [1.54, 1.807) is 10.9 Å². The molecule has 0 bridgehead atoms. The summed E-state index contributed by atoms with van der Waals surface area (Å²) in [6, 6.07) is 7.34. The summed E-state index contributed by atoms with van der Waals surface area (Å²) in [5, 5.41) is 12.3. The Bertz CT molecular complexity index is 965. The zero-order chi connectivity index (χ0) is 19.6. The minimum atomic E-state index is -0.415. The van der Waals surface area contributed by atoms with Crippen LogP contribution in [0.2, 0.25) is 5.02 Å². The van der Waals surface area contributed by atoms with Crippen LogP contribution in [0.3, 0.4) is 0 Å². The smallest absolute Gasteiger partial charge is 0.249 e. The number of carbonyl (C=O) groups is 1. The molecular formula is C19H21BrClN5O. The molecule has 0 spiro atoms. The Morgan fingerprint density at radius 1 is 1.37 bits per heavy atom. The molecule has 0 fully saturated rings. The topological polar surface area (TPSA) is 64.7 Å². The first kappa shape index (κ1) is 19.6. The Balaban J connectivity index is 1.76. The van der Waals surface area contributed by atoms with Crippen LogP contribution in [0.1, 0.15) is 36.3 Å². The molecule has 0 aliphatic rings. The van der Waals surface area contributed by atoms with Crippen LogP contribution >= 0.6 is 27.5 Å². The van der Waals surface area contributed by atoms with Crippen LogP contribution in [-0.4, -0.2) is 25.5 Å². The fourth-order valence-corrected chi connectivity index (χ4v) is 3.45. The molecule has 3 rings (SSSR count). The van der Waals surface area contributed by atoms with Crippen molar-refractivity contribution in [1.29, 1.82) is 0 Å². The molecule has 142 valence electrons. The van der Waals surface area contributed by atoms with E-state index in [9.17, 15) is 4.79 Å². The molecule has 0 aliphatic carbocycles. The SMILES string of the molecule is CCC(C(=O)Nc1cccc(Cn2cc(Br)cn2)c1)n1nc(C)c(Cl)c1C. The summed E-state index contributed by atoms with van der Waals surface area (Å²) < 4.78 is 4.47. The highest BCUT2D eigenvalue weighted by Crippen LogP contribution is 2.25. The number of benzene rings is 1. The number of aromatic nitrogens is 4. The fourth-order valence-electron chi connectivity index (χ4n) is 3.00. The molecule has 1 N–H and O–H groups in total. The van der Waals surface area contributed by atoms with Crippen LogP contribution in [-0.2, 0) is 11.3 Å². The normalized spacial score (nSPS) is 12.2. The molecule has 8 heteroatoms. The summed E-state index contributed by atoms with van der Waals surface area (Å²) in [5.74, 6) is -0.112. The molecule has 1 atom stereocenters. The molecule has 1 unspecified atom stereocenters. The van der Waals surface area contributed by atoms with Crippen LogP contribution in [0.5, 0.6) is 0 Å². The lowest BCUT2D eigenvalue weighted by atomic mass is 10.1. The van der Waals surface area contributed by atoms with E-state index >= 15 is 0 Å². The molecule has 2 aromatic heterocycles. The van der Waals surface area contributed by atoms with Crippen molar-refractivity contribution in [3.05, 3.63) is 63.1 Å². The second-order valence-electron chi connectivity index (χ2n) is 6.40. The van der Waals surface area contributed by atoms with Gasteiger partial charge in [-0.3, -0.25) is 14.2 Å². The largest absolute Gasteiger partial charge is 0.324 e. The molecule has 0 radical (unpaired) electrons. The predicted molar refractivity (Wildman–Crippen MR) is 110 cm³/mol. The van der Waals surface area contributed by atoms with Gasteiger partial charge in [0.05, 0.1) is 33.6 Å². The van der Waals surface area contributed by atoms with Gasteiger partial charge in [-0.15, -0.1) is 0 Å². The molecule has 3 aromatic rings. The van der Waals surface area contributed by atoms with E-state index in [-0.39, 0.29) is 5.91 Å². The first-order chi connectivity index (χ1) is 12.9. The van der Waals surface area contributed by atoms with E-state index in [4.69, 9.17) is 11.6 Å². The number of hydrogen-bond acceptors (Lipinski definition) is 3. The van der Waals surface area contributed by atoms with Gasteiger partial charge < -0.3 is 5.32 Å². The minimum absolute atomic E-state index is 0.112. The molecule has 27 heavy (non-hydrogen) atoms. The molecule has 2 heterocycles. The zero-order valence-corrected chi connectivity index (χ0v) is 17.8. The third-order valence-electron chi connectivity index (χ3n) is 4.36. The first-order valence-electron chi connectivity index (χ1n) is 8.68. The average Bonchev–Trinajstić information content (AvgIpc) is 3.14. The predicted octanol–water partition coefficient (Wildman–Crippen LogP) is 4.75. The van der Waals surface area contributed by atoms with Crippen LogP contribution in [0.15, 0.2) is 41.1 Å². The van der Waals surface area contributed by atoms with Crippen molar-refractivity contribution in [3.63, 3.8) is 0 Å². The van der Waals surface area contributed by atoms with Gasteiger partial charge in [0.25, 0.3) is 0 Å². The van der Waals surface area contributed by atoms with Gasteiger partial charge in [0.2, 0.25) is 5.91 Å². The standard InChI is InChI=1S/C19H21BrClN5O/c1-4-17(26-13(3)18(21)12(2)24-26)19(27)23-16-7-5-6-14(8-16)10-25-11-15(20)9-22-25/h5-9,11,17H,4,10H2,1-3H3,(H,23,27). The maximum absolute atomic E-state index is 12.9. The van der Waals surface area contributed by atoms with Gasteiger partial charge in [-0.1, -0.05) is 30.7 Å². The quantitative estimate of drug-likeness (QED) is 0.589. The molecule has 1 amide bonds. The van der Waals surface area contributed by atoms with Crippen LogP contribution < -0.4 is 5.32 Å². The second kappa shape index (κ2) is 8.27. The summed E-state index contributed by atoms with van der Waals surface area (Å²) in [7, 11) is 0. The Morgan fingerprint density at radius 3 is 2.74 bits per heavy atom. The average molecular weight is 451 g/mol. The molecular weight excluding hydrogens is 430 g/mol. The van der Waals surface area contributed by atoms with E-state index in [0.29, 0.717) is 18.0 Å². The number of anilines is 1. The Hall–Kier alpha value is -2.12. The number of halogens is 2. The highest BCUT2D eigenvalue weighted by molar-refractivity contribution is 9.10. The molecule has 0 aliphatic heterocycles. The number of amides is 1. The van der Waals surface area contributed by atoms with Gasteiger partial charge in [0, 0.05) is 11.9 Å². The van der Waals surface area contributed by atoms with Crippen molar-refractivity contribution in [3.8, 4) is 0 Å². The highest BCUT2D eigenvalue weighted by Gasteiger charge is 2.23. The van der Waals surface area contributed by atoms with Gasteiger partial charge in [-0.05, 0) is 53.9 Å². The van der Waals surface area contributed by atoms with Gasteiger partial charge in [0.15, 0.2) is 0 Å². The summed E-state index contributed by atoms with van der Waals surface area (Å²) in [5.41, 5.74) is 3.32. The molecule has 0 saturated heterocycles. The van der Waals surface area contributed by atoms with Gasteiger partial charge in [-0.2, -0.15) is 10.2 Å². The zero-order valence-electron chi connectivity index (χ0n) is 15.4. The number of rotatable bonds is 6. The van der Waals surface area contributed by atoms with Crippen molar-refractivity contribution in [2.24, 2.45) is 0 Å². The number of hydrogen-bond donors (Lipinski definition) is 1. The molecule has 0 saturated carbocycles. The first-order valence-corrected chi connectivity index (χ1v) is 9.85. The fraction of sp³-hybridized carbons (Fsp3) is 0.316. The number of carbonyl (C=O) groups excluding carboxylic acids is 1. The second-order valence-corrected chi connectivity index (χ2v) is 7.69. The lowest BCUT2D eigenvalue weighted by Crippen LogP contribution is -2.27. The highest BCUT2D eigenvalue weighted by atomic mass is 79.9. The van der Waals surface area contributed by atoms with Crippen molar-refractivity contribution in [2.75, 3.05) is 5.32 Å². The maximum atomic E-state index is 12.9. The van der Waals surface area contributed by atoms with Crippen molar-refractivity contribution < 1.29 is 4.79 Å². The van der Waals surface area contributed by atoms with Crippen LogP contribution in [0.25, 0.3) is 0 Å². The summed E-state index contributed by atoms with van der Waals surface area (Å²) in [6.45, 7) is 6.30. The van der Waals surface area contributed by atoms with E-state index in [1.807, 2.05) is 55.9 Å². The summed E-state index contributed by atoms with van der Waals surface area (Å²) in [4.78, 5) is 12.9. The van der Waals surface area contributed by atoms with E-state index in [1.165, 1.54) is 0 Å². The van der Waals surface area contributed by atoms with E-state index in [0.717, 1.165) is 27.1 Å². The third-order valence-corrected chi connectivity index (χ3v) is 5.32. The lowest BCUT2D eigenvalue weighted by Gasteiger charge is -2.17. The monoisotopic (exact) mass is 449 g/mol.